The van der Waals surface area contributed by atoms with E-state index in [0.29, 0.717) is 12.2 Å². The highest BCUT2D eigenvalue weighted by Crippen LogP contribution is 2.27. The first-order valence-electron chi connectivity index (χ1n) is 7.95. The van der Waals surface area contributed by atoms with Gasteiger partial charge in [0.05, 0.1) is 18.6 Å². The average molecular weight is 394 g/mol. The van der Waals surface area contributed by atoms with E-state index in [4.69, 9.17) is 10.5 Å². The van der Waals surface area contributed by atoms with Crippen molar-refractivity contribution in [3.05, 3.63) is 18.2 Å². The van der Waals surface area contributed by atoms with Gasteiger partial charge in [0.1, 0.15) is 10.6 Å². The maximum absolute atomic E-state index is 12.7. The summed E-state index contributed by atoms with van der Waals surface area (Å²) in [6, 6.07) is 3.65. The van der Waals surface area contributed by atoms with Crippen molar-refractivity contribution in [1.82, 2.24) is 4.72 Å². The van der Waals surface area contributed by atoms with E-state index >= 15 is 0 Å². The van der Waals surface area contributed by atoms with E-state index in [0.717, 1.165) is 0 Å². The minimum atomic E-state index is -3.97. The van der Waals surface area contributed by atoms with Crippen molar-refractivity contribution >= 4 is 25.7 Å². The minimum absolute atomic E-state index is 0.0611. The number of hydrogen-bond acceptors (Lipinski definition) is 6. The van der Waals surface area contributed by atoms with Gasteiger partial charge in [-0.25, -0.2) is 21.6 Å². The largest absolute Gasteiger partial charge is 0.497 e. The van der Waals surface area contributed by atoms with E-state index in [1.54, 1.807) is 0 Å². The van der Waals surface area contributed by atoms with Crippen LogP contribution >= 0.6 is 0 Å². The lowest BCUT2D eigenvalue weighted by atomic mass is 10.1. The number of ether oxygens (including phenoxy) is 1. The van der Waals surface area contributed by atoms with Crippen molar-refractivity contribution in [1.29, 1.82) is 0 Å². The minimum Gasteiger partial charge on any atom is -0.497 e. The molecule has 25 heavy (non-hydrogen) atoms. The first-order valence-corrected chi connectivity index (χ1v) is 11.1. The summed E-state index contributed by atoms with van der Waals surface area (Å²) in [5.41, 5.74) is 5.59. The molecule has 4 N–H and O–H groups in total. The van der Waals surface area contributed by atoms with Crippen LogP contribution < -0.4 is 19.9 Å². The van der Waals surface area contributed by atoms with Gasteiger partial charge in [0.25, 0.3) is 0 Å². The molecular formula is C15H27N3O5S2. The molecule has 1 aromatic carbocycles. The second-order valence-corrected chi connectivity index (χ2v) is 9.74. The molecule has 0 radical (unpaired) electrons. The molecule has 144 valence electrons. The van der Waals surface area contributed by atoms with Crippen LogP contribution in [0, 0.1) is 5.92 Å². The molecule has 0 aliphatic rings. The Morgan fingerprint density at radius 2 is 1.84 bits per heavy atom. The lowest BCUT2D eigenvalue weighted by Gasteiger charge is -2.20. The summed E-state index contributed by atoms with van der Waals surface area (Å²) in [4.78, 5) is -0.174. The Morgan fingerprint density at radius 3 is 2.32 bits per heavy atom. The van der Waals surface area contributed by atoms with Crippen molar-refractivity contribution in [2.24, 2.45) is 11.7 Å². The number of benzene rings is 1. The van der Waals surface area contributed by atoms with Crippen molar-refractivity contribution in [2.45, 2.75) is 38.1 Å². The molecule has 0 aromatic heterocycles. The van der Waals surface area contributed by atoms with Crippen LogP contribution in [0.15, 0.2) is 23.1 Å². The fourth-order valence-electron chi connectivity index (χ4n) is 2.23. The highest BCUT2D eigenvalue weighted by molar-refractivity contribution is 7.93. The molecule has 0 fully saturated rings. The normalized spacial score (nSPS) is 13.7. The predicted molar refractivity (Wildman–Crippen MR) is 98.7 cm³/mol. The monoisotopic (exact) mass is 393 g/mol. The average Bonchev–Trinajstić information content (AvgIpc) is 2.52. The number of nitrogens with two attached hydrogens (primary N) is 1. The Bertz CT molecular complexity index is 776. The topological polar surface area (TPSA) is 128 Å². The molecule has 0 saturated carbocycles. The Morgan fingerprint density at radius 1 is 1.20 bits per heavy atom. The van der Waals surface area contributed by atoms with Crippen molar-refractivity contribution in [3.8, 4) is 5.75 Å². The van der Waals surface area contributed by atoms with Crippen molar-refractivity contribution in [2.75, 3.05) is 24.1 Å². The van der Waals surface area contributed by atoms with Crippen LogP contribution in [0.25, 0.3) is 0 Å². The fraction of sp³-hybridized carbons (Fsp3) is 0.600. The second kappa shape index (κ2) is 8.84. The summed E-state index contributed by atoms with van der Waals surface area (Å²) in [5.74, 6) is 0.408. The molecule has 0 amide bonds. The molecule has 8 nitrogen and oxygen atoms in total. The molecule has 0 saturated heterocycles. The molecule has 0 spiro atoms. The zero-order chi connectivity index (χ0) is 19.3. The van der Waals surface area contributed by atoms with Crippen LogP contribution in [0.4, 0.5) is 5.69 Å². The Balaban J connectivity index is 3.29. The van der Waals surface area contributed by atoms with Gasteiger partial charge in [-0.3, -0.25) is 4.72 Å². The maximum Gasteiger partial charge on any atom is 0.242 e. The van der Waals surface area contributed by atoms with Crippen LogP contribution in [0.2, 0.25) is 0 Å². The van der Waals surface area contributed by atoms with Gasteiger partial charge in [-0.1, -0.05) is 13.8 Å². The summed E-state index contributed by atoms with van der Waals surface area (Å²) in [7, 11) is -6.21. The van der Waals surface area contributed by atoms with Gasteiger partial charge in [0.15, 0.2) is 0 Å². The molecule has 0 aliphatic heterocycles. The van der Waals surface area contributed by atoms with E-state index in [-0.39, 0.29) is 28.8 Å². The number of nitrogens with one attached hydrogen (secondary N) is 2. The maximum atomic E-state index is 12.7. The smallest absolute Gasteiger partial charge is 0.242 e. The highest BCUT2D eigenvalue weighted by Gasteiger charge is 2.25. The predicted octanol–water partition coefficient (Wildman–Crippen LogP) is 1.11. The molecule has 0 bridgehead atoms. The Kier molecular flexibility index (Phi) is 7.66. The van der Waals surface area contributed by atoms with Crippen LogP contribution in [-0.4, -0.2) is 42.3 Å². The third-order valence-electron chi connectivity index (χ3n) is 3.48. The molecule has 1 rings (SSSR count). The first kappa shape index (κ1) is 21.7. The van der Waals surface area contributed by atoms with Crippen LogP contribution in [0.5, 0.6) is 5.75 Å². The molecule has 1 atom stereocenters. The second-order valence-electron chi connectivity index (χ2n) is 6.05. The lowest BCUT2D eigenvalue weighted by molar-refractivity contribution is 0.414. The highest BCUT2D eigenvalue weighted by atomic mass is 32.2. The number of sulfonamides is 2. The Hall–Kier alpha value is -1.36. The van der Waals surface area contributed by atoms with E-state index in [2.05, 4.69) is 9.44 Å². The molecular weight excluding hydrogens is 366 g/mol. The lowest BCUT2D eigenvalue weighted by Crippen LogP contribution is -2.41. The van der Waals surface area contributed by atoms with Crippen molar-refractivity contribution in [3.63, 3.8) is 0 Å². The van der Waals surface area contributed by atoms with Crippen LogP contribution in [-0.2, 0) is 20.0 Å². The van der Waals surface area contributed by atoms with E-state index in [9.17, 15) is 16.8 Å². The molecule has 1 aromatic rings. The van der Waals surface area contributed by atoms with Gasteiger partial charge < -0.3 is 10.5 Å². The van der Waals surface area contributed by atoms with E-state index in [1.807, 2.05) is 13.8 Å². The third kappa shape index (κ3) is 6.46. The quantitative estimate of drug-likeness (QED) is 0.546. The van der Waals surface area contributed by atoms with E-state index < -0.39 is 26.1 Å². The summed E-state index contributed by atoms with van der Waals surface area (Å²) >= 11 is 0. The van der Waals surface area contributed by atoms with Crippen LogP contribution in [0.3, 0.4) is 0 Å². The Labute approximate surface area is 150 Å². The van der Waals surface area contributed by atoms with Gasteiger partial charge in [0, 0.05) is 18.7 Å². The molecule has 0 aliphatic carbocycles. The van der Waals surface area contributed by atoms with Crippen molar-refractivity contribution < 1.29 is 21.6 Å². The summed E-state index contributed by atoms with van der Waals surface area (Å²) in [6.45, 7) is 5.53. The van der Waals surface area contributed by atoms with Gasteiger partial charge in [-0.05, 0) is 31.4 Å². The zero-order valence-electron chi connectivity index (χ0n) is 14.9. The number of rotatable bonds is 10. The summed E-state index contributed by atoms with van der Waals surface area (Å²) in [6.07, 6.45) is 0.571. The standard InChI is InChI=1S/C15H27N3O5S2/c1-5-24(19,20)18-14-9-13(23-4)6-7-15(14)25(21,22)17-12(10-16)8-11(2)3/h6-7,9,11-12,17-18H,5,8,10,16H2,1-4H3. The molecule has 1 unspecified atom stereocenters. The first-order chi connectivity index (χ1) is 11.5. The SMILES string of the molecule is CCS(=O)(=O)Nc1cc(OC)ccc1S(=O)(=O)NC(CN)CC(C)C. The summed E-state index contributed by atoms with van der Waals surface area (Å²) < 4.78 is 59.1. The molecule has 10 heteroatoms. The number of hydrogen-bond donors (Lipinski definition) is 3. The summed E-state index contributed by atoms with van der Waals surface area (Å²) in [5, 5.41) is 0. The molecule has 0 heterocycles. The van der Waals surface area contributed by atoms with Gasteiger partial charge >= 0.3 is 0 Å². The fourth-order valence-corrected chi connectivity index (χ4v) is 4.35. The number of anilines is 1. The van der Waals surface area contributed by atoms with E-state index in [1.165, 1.54) is 32.2 Å². The van der Waals surface area contributed by atoms with Crippen LogP contribution in [0.1, 0.15) is 27.2 Å². The third-order valence-corrected chi connectivity index (χ3v) is 6.35. The van der Waals surface area contributed by atoms with Gasteiger partial charge in [0.2, 0.25) is 20.0 Å². The van der Waals surface area contributed by atoms with Gasteiger partial charge in [-0.2, -0.15) is 0 Å². The zero-order valence-corrected chi connectivity index (χ0v) is 16.6. The van der Waals surface area contributed by atoms with Gasteiger partial charge in [-0.15, -0.1) is 0 Å². The number of methoxy groups -OCH3 is 1.